The van der Waals surface area contributed by atoms with Gasteiger partial charge < -0.3 is 0 Å². The topological polar surface area (TPSA) is 44.8 Å². The zero-order valence-corrected chi connectivity index (χ0v) is 14.1. The molecule has 1 fully saturated rings. The van der Waals surface area contributed by atoms with Crippen LogP contribution in [0.3, 0.4) is 0 Å². The summed E-state index contributed by atoms with van der Waals surface area (Å²) in [6.07, 6.45) is 1.68. The van der Waals surface area contributed by atoms with Gasteiger partial charge in [0.2, 0.25) is 0 Å². The van der Waals surface area contributed by atoms with Gasteiger partial charge in [-0.3, -0.25) is 13.6 Å². The van der Waals surface area contributed by atoms with Crippen molar-refractivity contribution < 1.29 is 18.1 Å². The van der Waals surface area contributed by atoms with Crippen LogP contribution < -0.4 is 0 Å². The maximum atomic E-state index is 12.2. The molecule has 1 heterocycles. The zero-order valence-electron chi connectivity index (χ0n) is 12.2. The van der Waals surface area contributed by atoms with Crippen molar-refractivity contribution in [1.82, 2.24) is 0 Å². The fourth-order valence-corrected chi connectivity index (χ4v) is 3.85. The summed E-state index contributed by atoms with van der Waals surface area (Å²) >= 11 is 0. The average molecular weight is 292 g/mol. The van der Waals surface area contributed by atoms with E-state index in [9.17, 15) is 4.57 Å². The van der Waals surface area contributed by atoms with E-state index in [0.29, 0.717) is 13.2 Å². The number of phosphoric acid groups is 1. The molecule has 0 aliphatic carbocycles. The molecule has 1 rings (SSSR count). The molecule has 6 heteroatoms. The van der Waals surface area contributed by atoms with E-state index in [2.05, 4.69) is 25.3 Å². The summed E-state index contributed by atoms with van der Waals surface area (Å²) in [4.78, 5) is 0. The van der Waals surface area contributed by atoms with Crippen molar-refractivity contribution in [3.63, 3.8) is 0 Å². The molecule has 18 heavy (non-hydrogen) atoms. The molecule has 0 aromatic carbocycles. The van der Waals surface area contributed by atoms with Gasteiger partial charge in [0.05, 0.1) is 27.4 Å². The molecule has 0 spiro atoms. The second-order valence-corrected chi connectivity index (χ2v) is 13.4. The first kappa shape index (κ1) is 16.1. The molecular formula is C12H25O4PSi. The molecule has 0 bridgehead atoms. The molecule has 1 unspecified atom stereocenters. The Morgan fingerprint density at radius 3 is 2.22 bits per heavy atom. The lowest BCUT2D eigenvalue weighted by molar-refractivity contribution is -0.00398. The van der Waals surface area contributed by atoms with Gasteiger partial charge in [0.1, 0.15) is 0 Å². The Labute approximate surface area is 111 Å². The van der Waals surface area contributed by atoms with Gasteiger partial charge >= 0.3 is 7.82 Å². The summed E-state index contributed by atoms with van der Waals surface area (Å²) in [6, 6.07) is 0. The summed E-state index contributed by atoms with van der Waals surface area (Å²) in [7, 11) is -4.63. The van der Waals surface area contributed by atoms with Crippen molar-refractivity contribution in [3.8, 4) is 0 Å². The molecule has 106 valence electrons. The Morgan fingerprint density at radius 1 is 1.28 bits per heavy atom. The van der Waals surface area contributed by atoms with Gasteiger partial charge in [0, 0.05) is 5.41 Å². The molecule has 1 aliphatic heterocycles. The third kappa shape index (κ3) is 5.80. The van der Waals surface area contributed by atoms with Gasteiger partial charge in [0.15, 0.2) is 0 Å². The summed E-state index contributed by atoms with van der Waals surface area (Å²) < 4.78 is 28.1. The minimum absolute atomic E-state index is 0.103. The van der Waals surface area contributed by atoms with Crippen molar-refractivity contribution in [1.29, 1.82) is 0 Å². The summed E-state index contributed by atoms with van der Waals surface area (Å²) in [6.45, 7) is 13.3. The van der Waals surface area contributed by atoms with E-state index >= 15 is 0 Å². The monoisotopic (exact) mass is 292 g/mol. The summed E-state index contributed by atoms with van der Waals surface area (Å²) in [5.74, 6) is 0. The van der Waals surface area contributed by atoms with E-state index < -0.39 is 15.9 Å². The van der Waals surface area contributed by atoms with Crippen molar-refractivity contribution in [2.24, 2.45) is 5.41 Å². The predicted octanol–water partition coefficient (Wildman–Crippen LogP) is 4.01. The minimum Gasteiger partial charge on any atom is -0.286 e. The lowest BCUT2D eigenvalue weighted by Crippen LogP contribution is -2.30. The first-order valence-electron chi connectivity index (χ1n) is 6.28. The molecule has 1 aliphatic rings. The van der Waals surface area contributed by atoms with E-state index in [1.54, 1.807) is 0 Å². The molecule has 1 atom stereocenters. The Bertz CT molecular complexity index is 346. The van der Waals surface area contributed by atoms with Crippen LogP contribution in [0.2, 0.25) is 19.6 Å². The van der Waals surface area contributed by atoms with Crippen LogP contribution in [0.4, 0.5) is 0 Å². The van der Waals surface area contributed by atoms with Crippen molar-refractivity contribution >= 4 is 15.9 Å². The van der Waals surface area contributed by atoms with Crippen LogP contribution >= 0.6 is 7.82 Å². The largest absolute Gasteiger partial charge is 0.475 e. The quantitative estimate of drug-likeness (QED) is 0.580. The molecule has 0 N–H and O–H groups in total. The molecule has 0 aromatic rings. The van der Waals surface area contributed by atoms with Crippen molar-refractivity contribution in [3.05, 3.63) is 11.8 Å². The zero-order chi connectivity index (χ0) is 14.0. The van der Waals surface area contributed by atoms with Gasteiger partial charge in [-0.05, 0) is 6.92 Å². The van der Waals surface area contributed by atoms with Gasteiger partial charge in [0.25, 0.3) is 0 Å². The Morgan fingerprint density at radius 2 is 1.78 bits per heavy atom. The molecule has 4 nitrogen and oxygen atoms in total. The minimum atomic E-state index is -3.37. The maximum Gasteiger partial charge on any atom is 0.475 e. The second kappa shape index (κ2) is 5.59. The highest BCUT2D eigenvalue weighted by molar-refractivity contribution is 7.48. The molecule has 0 aromatic heterocycles. The average Bonchev–Trinajstić information content (AvgIpc) is 2.20. The maximum absolute atomic E-state index is 12.2. The van der Waals surface area contributed by atoms with Crippen LogP contribution in [0.25, 0.3) is 0 Å². The van der Waals surface area contributed by atoms with Crippen LogP contribution in [-0.4, -0.2) is 27.4 Å². The van der Waals surface area contributed by atoms with Crippen LogP contribution in [0.5, 0.6) is 0 Å². The highest BCUT2D eigenvalue weighted by Crippen LogP contribution is 2.55. The highest BCUT2D eigenvalue weighted by atomic mass is 31.2. The number of hydrogen-bond acceptors (Lipinski definition) is 4. The Kier molecular flexibility index (Phi) is 5.01. The van der Waals surface area contributed by atoms with Gasteiger partial charge in [-0.2, -0.15) is 0 Å². The van der Waals surface area contributed by atoms with Crippen LogP contribution in [0.1, 0.15) is 20.8 Å². The normalized spacial score (nSPS) is 25.2. The third-order valence-electron chi connectivity index (χ3n) is 2.39. The number of rotatable bonds is 4. The van der Waals surface area contributed by atoms with E-state index in [-0.39, 0.29) is 11.5 Å². The second-order valence-electron chi connectivity index (χ2n) is 6.69. The van der Waals surface area contributed by atoms with E-state index in [4.69, 9.17) is 13.6 Å². The van der Waals surface area contributed by atoms with Crippen LogP contribution in [0.15, 0.2) is 11.8 Å². The molecule has 1 saturated heterocycles. The third-order valence-corrected chi connectivity index (χ3v) is 5.06. The Balaban J connectivity index is 2.52. The highest BCUT2D eigenvalue weighted by Gasteiger charge is 2.38. The van der Waals surface area contributed by atoms with Crippen molar-refractivity contribution in [2.45, 2.75) is 46.5 Å². The summed E-state index contributed by atoms with van der Waals surface area (Å²) in [5, 5.41) is 0. The number of hydrogen-bond donors (Lipinski definition) is 0. The van der Waals surface area contributed by atoms with E-state index in [1.807, 2.05) is 26.8 Å². The lowest BCUT2D eigenvalue weighted by atomic mass is 9.97. The Hall–Kier alpha value is 0.0669. The van der Waals surface area contributed by atoms with Gasteiger partial charge in [-0.25, -0.2) is 4.57 Å². The van der Waals surface area contributed by atoms with Crippen molar-refractivity contribution in [2.75, 3.05) is 13.2 Å². The number of phosphoric ester groups is 1. The van der Waals surface area contributed by atoms with E-state index in [0.717, 1.165) is 0 Å². The fourth-order valence-electron chi connectivity index (χ4n) is 1.31. The molecular weight excluding hydrogens is 267 g/mol. The molecule has 0 radical (unpaired) electrons. The van der Waals surface area contributed by atoms with Crippen LogP contribution in [-0.2, 0) is 18.1 Å². The SMILES string of the molecule is CC(/C=C\[Si](C)(C)C)OP1(=O)OCC(C)(C)CO1. The van der Waals surface area contributed by atoms with Gasteiger partial charge in [-0.1, -0.05) is 45.3 Å². The first-order chi connectivity index (χ1) is 8.02. The molecule has 0 amide bonds. The van der Waals surface area contributed by atoms with E-state index in [1.165, 1.54) is 0 Å². The predicted molar refractivity (Wildman–Crippen MR) is 76.3 cm³/mol. The standard InChI is InChI=1S/C12H25O4PSi/c1-11(7-8-18(4,5)6)16-17(13)14-9-12(2,3)10-15-17/h7-8,11H,9-10H2,1-6H3/b8-7-. The lowest BCUT2D eigenvalue weighted by Gasteiger charge is -2.33. The first-order valence-corrected chi connectivity index (χ1v) is 11.3. The van der Waals surface area contributed by atoms with Crippen LogP contribution in [0, 0.1) is 5.41 Å². The summed E-state index contributed by atoms with van der Waals surface area (Å²) in [5.41, 5.74) is 2.06. The fraction of sp³-hybridized carbons (Fsp3) is 0.833. The molecule has 0 saturated carbocycles. The smallest absolute Gasteiger partial charge is 0.286 e. The van der Waals surface area contributed by atoms with Gasteiger partial charge in [-0.15, -0.1) is 0 Å².